The summed E-state index contributed by atoms with van der Waals surface area (Å²) < 4.78 is 0. The molecule has 120 valence electrons. The third kappa shape index (κ3) is 1.72. The van der Waals surface area contributed by atoms with E-state index < -0.39 is 0 Å². The summed E-state index contributed by atoms with van der Waals surface area (Å²) in [5.41, 5.74) is 7.60. The Hall–Kier alpha value is -0.960. The van der Waals surface area contributed by atoms with Gasteiger partial charge in [-0.05, 0) is 49.9 Å². The van der Waals surface area contributed by atoms with Gasteiger partial charge in [0.25, 0.3) is 0 Å². The summed E-state index contributed by atoms with van der Waals surface area (Å²) in [6.45, 7) is 2.88. The first-order valence-corrected chi connectivity index (χ1v) is 8.96. The first-order valence-electron chi connectivity index (χ1n) is 8.96. The smallest absolute Gasteiger partial charge is 0.139 e. The quantitative estimate of drug-likeness (QED) is 0.757. The molecule has 0 heterocycles. The van der Waals surface area contributed by atoms with Crippen molar-refractivity contribution in [2.75, 3.05) is 6.54 Å². The van der Waals surface area contributed by atoms with E-state index in [0.717, 1.165) is 38.5 Å². The lowest BCUT2D eigenvalue weighted by Crippen LogP contribution is -2.53. The molecule has 3 fully saturated rings. The van der Waals surface area contributed by atoms with E-state index in [0.29, 0.717) is 48.7 Å². The molecule has 0 aromatic carbocycles. The van der Waals surface area contributed by atoms with E-state index in [-0.39, 0.29) is 10.8 Å². The summed E-state index contributed by atoms with van der Waals surface area (Å²) in [5, 5.41) is 0. The van der Waals surface area contributed by atoms with Crippen LogP contribution in [0.3, 0.4) is 0 Å². The van der Waals surface area contributed by atoms with Gasteiger partial charge in [-0.3, -0.25) is 9.59 Å². The largest absolute Gasteiger partial charge is 0.330 e. The van der Waals surface area contributed by atoms with E-state index in [1.54, 1.807) is 0 Å². The third-order valence-electron chi connectivity index (χ3n) is 7.73. The third-order valence-corrected chi connectivity index (χ3v) is 7.73. The molecule has 0 amide bonds. The number of Topliss-reactive ketones (excluding diaryl/α,β-unsaturated/α-hetero) is 2. The maximum atomic E-state index is 12.4. The molecular weight excluding hydrogens is 274 g/mol. The van der Waals surface area contributed by atoms with Crippen LogP contribution in [0.1, 0.15) is 58.3 Å². The highest BCUT2D eigenvalue weighted by Gasteiger charge is 2.59. The Bertz CT molecular complexity index is 566. The SMILES string of the molecule is C[C@]12CC[C@H]3[C@@H](CC=C4CC(=O)CC[C@@]43CN)[C@@H]1CCC2=O. The molecule has 5 atom stereocenters. The van der Waals surface area contributed by atoms with Crippen molar-refractivity contribution in [2.24, 2.45) is 34.3 Å². The van der Waals surface area contributed by atoms with Gasteiger partial charge in [0.2, 0.25) is 0 Å². The van der Waals surface area contributed by atoms with Crippen molar-refractivity contribution in [3.63, 3.8) is 0 Å². The zero-order valence-corrected chi connectivity index (χ0v) is 13.6. The molecule has 0 aromatic rings. The molecule has 0 saturated heterocycles. The first kappa shape index (κ1) is 14.6. The van der Waals surface area contributed by atoms with Gasteiger partial charge < -0.3 is 5.73 Å². The second kappa shape index (κ2) is 4.77. The molecule has 4 rings (SSSR count). The number of carbonyl (C=O) groups excluding carboxylic acids is 2. The van der Waals surface area contributed by atoms with Crippen LogP contribution in [0.5, 0.6) is 0 Å². The fourth-order valence-electron chi connectivity index (χ4n) is 6.44. The molecule has 0 spiro atoms. The zero-order chi connectivity index (χ0) is 15.5. The van der Waals surface area contributed by atoms with Crippen LogP contribution in [0.25, 0.3) is 0 Å². The molecule has 0 radical (unpaired) electrons. The lowest BCUT2D eigenvalue weighted by molar-refractivity contribution is -0.132. The Morgan fingerprint density at radius 1 is 1.18 bits per heavy atom. The van der Waals surface area contributed by atoms with Crippen LogP contribution in [-0.4, -0.2) is 18.1 Å². The molecule has 4 aliphatic carbocycles. The molecule has 22 heavy (non-hydrogen) atoms. The number of hydrogen-bond acceptors (Lipinski definition) is 3. The number of hydrogen-bond donors (Lipinski definition) is 1. The highest BCUT2D eigenvalue weighted by Crippen LogP contribution is 2.63. The van der Waals surface area contributed by atoms with Gasteiger partial charge in [-0.1, -0.05) is 18.6 Å². The average Bonchev–Trinajstić information content (AvgIpc) is 2.82. The zero-order valence-electron chi connectivity index (χ0n) is 13.6. The van der Waals surface area contributed by atoms with Crippen molar-refractivity contribution < 1.29 is 9.59 Å². The van der Waals surface area contributed by atoms with Crippen LogP contribution in [0.2, 0.25) is 0 Å². The number of nitrogens with two attached hydrogens (primary N) is 1. The van der Waals surface area contributed by atoms with Crippen LogP contribution in [-0.2, 0) is 9.59 Å². The number of allylic oxidation sites excluding steroid dienone is 1. The van der Waals surface area contributed by atoms with E-state index in [1.165, 1.54) is 5.57 Å². The predicted octanol–water partition coefficient (Wildman–Crippen LogP) is 3.03. The number of rotatable bonds is 1. The molecule has 0 aromatic heterocycles. The van der Waals surface area contributed by atoms with Gasteiger partial charge in [0, 0.05) is 36.6 Å². The standard InChI is InChI=1S/C19H27NO2/c1-18-8-7-16-14(15(18)4-5-17(18)22)3-2-12-10-13(21)6-9-19(12,16)11-20/h2,14-16H,3-11,20H2,1H3/t14-,15-,16-,18-,19+/m0/s1. The second-order valence-corrected chi connectivity index (χ2v) is 8.34. The fourth-order valence-corrected chi connectivity index (χ4v) is 6.44. The Balaban J connectivity index is 1.73. The summed E-state index contributed by atoms with van der Waals surface area (Å²) >= 11 is 0. The molecule has 3 heteroatoms. The van der Waals surface area contributed by atoms with Gasteiger partial charge in [0.05, 0.1) is 0 Å². The summed E-state index contributed by atoms with van der Waals surface area (Å²) in [5.74, 6) is 2.61. The van der Waals surface area contributed by atoms with Crippen molar-refractivity contribution in [2.45, 2.75) is 58.3 Å². The van der Waals surface area contributed by atoms with Gasteiger partial charge in [0.15, 0.2) is 0 Å². The molecular formula is C19H27NO2. The minimum Gasteiger partial charge on any atom is -0.330 e. The average molecular weight is 301 g/mol. The number of carbonyl (C=O) groups is 2. The molecule has 0 bridgehead atoms. The van der Waals surface area contributed by atoms with Crippen LogP contribution >= 0.6 is 0 Å². The molecule has 3 saturated carbocycles. The van der Waals surface area contributed by atoms with Crippen LogP contribution < -0.4 is 5.73 Å². The molecule has 0 unspecified atom stereocenters. The highest BCUT2D eigenvalue weighted by molar-refractivity contribution is 5.87. The highest BCUT2D eigenvalue weighted by atomic mass is 16.1. The summed E-state index contributed by atoms with van der Waals surface area (Å²) in [7, 11) is 0. The first-order chi connectivity index (χ1) is 10.5. The van der Waals surface area contributed by atoms with Crippen molar-refractivity contribution in [3.05, 3.63) is 11.6 Å². The topological polar surface area (TPSA) is 60.2 Å². The van der Waals surface area contributed by atoms with Crippen molar-refractivity contribution >= 4 is 11.6 Å². The molecule has 2 N–H and O–H groups in total. The minimum atomic E-state index is -0.0766. The lowest BCUT2D eigenvalue weighted by Gasteiger charge is -2.57. The normalized spacial score (nSPS) is 47.5. The summed E-state index contributed by atoms with van der Waals surface area (Å²) in [4.78, 5) is 24.3. The van der Waals surface area contributed by atoms with Gasteiger partial charge in [-0.25, -0.2) is 0 Å². The van der Waals surface area contributed by atoms with Gasteiger partial charge in [-0.15, -0.1) is 0 Å². The summed E-state index contributed by atoms with van der Waals surface area (Å²) in [6, 6.07) is 0. The number of ketones is 2. The maximum absolute atomic E-state index is 12.4. The Labute approximate surface area is 132 Å². The monoisotopic (exact) mass is 301 g/mol. The van der Waals surface area contributed by atoms with Gasteiger partial charge in [0.1, 0.15) is 11.6 Å². The Morgan fingerprint density at radius 2 is 2.00 bits per heavy atom. The Morgan fingerprint density at radius 3 is 2.77 bits per heavy atom. The molecule has 0 aliphatic heterocycles. The summed E-state index contributed by atoms with van der Waals surface area (Å²) in [6.07, 6.45) is 9.63. The van der Waals surface area contributed by atoms with Crippen LogP contribution in [0, 0.1) is 28.6 Å². The molecule has 3 nitrogen and oxygen atoms in total. The van der Waals surface area contributed by atoms with E-state index in [2.05, 4.69) is 13.0 Å². The second-order valence-electron chi connectivity index (χ2n) is 8.34. The van der Waals surface area contributed by atoms with Gasteiger partial charge >= 0.3 is 0 Å². The minimum absolute atomic E-state index is 0.0593. The van der Waals surface area contributed by atoms with E-state index in [1.807, 2.05) is 0 Å². The van der Waals surface area contributed by atoms with E-state index >= 15 is 0 Å². The Kier molecular flexibility index (Phi) is 3.17. The predicted molar refractivity (Wildman–Crippen MR) is 85.1 cm³/mol. The van der Waals surface area contributed by atoms with Crippen LogP contribution in [0.15, 0.2) is 11.6 Å². The lowest BCUT2D eigenvalue weighted by atomic mass is 9.47. The molecule has 4 aliphatic rings. The van der Waals surface area contributed by atoms with Crippen molar-refractivity contribution in [3.8, 4) is 0 Å². The van der Waals surface area contributed by atoms with Crippen molar-refractivity contribution in [1.29, 1.82) is 0 Å². The van der Waals surface area contributed by atoms with Gasteiger partial charge in [-0.2, -0.15) is 0 Å². The van der Waals surface area contributed by atoms with Crippen LogP contribution in [0.4, 0.5) is 0 Å². The number of fused-ring (bicyclic) bond motifs is 5. The maximum Gasteiger partial charge on any atom is 0.139 e. The fraction of sp³-hybridized carbons (Fsp3) is 0.789. The van der Waals surface area contributed by atoms with E-state index in [4.69, 9.17) is 5.73 Å². The van der Waals surface area contributed by atoms with E-state index in [9.17, 15) is 9.59 Å². The van der Waals surface area contributed by atoms with Crippen molar-refractivity contribution in [1.82, 2.24) is 0 Å².